The van der Waals surface area contributed by atoms with E-state index in [1.54, 1.807) is 0 Å². The van der Waals surface area contributed by atoms with Gasteiger partial charge in [-0.1, -0.05) is 24.3 Å². The summed E-state index contributed by atoms with van der Waals surface area (Å²) in [4.78, 5) is 0. The van der Waals surface area contributed by atoms with E-state index in [0.29, 0.717) is 6.61 Å². The van der Waals surface area contributed by atoms with Gasteiger partial charge in [0.25, 0.3) is 0 Å². The molecule has 2 rings (SSSR count). The standard InChI is InChI=1S/C10H12FNO.ClH/c11-5-9-10(12)8-4-2-1-3-7(8)6-13-9;/h1-4,9-10H,5-6,12H2;1H/t9-,10-;/m1./s1. The van der Waals surface area contributed by atoms with Crippen molar-refractivity contribution in [3.8, 4) is 0 Å². The molecule has 1 aliphatic rings. The molecule has 0 saturated heterocycles. The maximum Gasteiger partial charge on any atom is 0.117 e. The van der Waals surface area contributed by atoms with Crippen molar-refractivity contribution < 1.29 is 9.13 Å². The molecule has 14 heavy (non-hydrogen) atoms. The highest BCUT2D eigenvalue weighted by Crippen LogP contribution is 2.27. The zero-order chi connectivity index (χ0) is 9.26. The number of alkyl halides is 1. The molecule has 0 fully saturated rings. The Bertz CT molecular complexity index is 308. The Hall–Kier alpha value is -0.640. The van der Waals surface area contributed by atoms with Crippen molar-refractivity contribution in [2.45, 2.75) is 18.8 Å². The van der Waals surface area contributed by atoms with Gasteiger partial charge in [-0.25, -0.2) is 4.39 Å². The molecule has 0 saturated carbocycles. The second-order valence-electron chi connectivity index (χ2n) is 3.23. The highest BCUT2D eigenvalue weighted by Gasteiger charge is 2.26. The summed E-state index contributed by atoms with van der Waals surface area (Å²) in [6.07, 6.45) is -0.477. The third-order valence-corrected chi connectivity index (χ3v) is 2.42. The van der Waals surface area contributed by atoms with Crippen molar-refractivity contribution in [3.63, 3.8) is 0 Å². The van der Waals surface area contributed by atoms with E-state index >= 15 is 0 Å². The van der Waals surface area contributed by atoms with E-state index in [2.05, 4.69) is 0 Å². The fourth-order valence-electron chi connectivity index (χ4n) is 1.63. The zero-order valence-corrected chi connectivity index (χ0v) is 8.47. The molecule has 1 aromatic rings. The first-order chi connectivity index (χ1) is 6.33. The number of nitrogens with two attached hydrogens (primary N) is 1. The van der Waals surface area contributed by atoms with Gasteiger partial charge < -0.3 is 10.5 Å². The normalized spacial score (nSPS) is 25.0. The van der Waals surface area contributed by atoms with Gasteiger partial charge in [-0.15, -0.1) is 12.4 Å². The van der Waals surface area contributed by atoms with Crippen LogP contribution in [0.2, 0.25) is 0 Å². The van der Waals surface area contributed by atoms with Crippen LogP contribution in [0.4, 0.5) is 4.39 Å². The highest BCUT2D eigenvalue weighted by molar-refractivity contribution is 5.85. The van der Waals surface area contributed by atoms with Crippen LogP contribution in [0.25, 0.3) is 0 Å². The predicted molar refractivity (Wildman–Crippen MR) is 55.2 cm³/mol. The van der Waals surface area contributed by atoms with E-state index in [1.807, 2.05) is 24.3 Å². The Labute approximate surface area is 88.7 Å². The Balaban J connectivity index is 0.000000980. The molecule has 0 spiro atoms. The number of ether oxygens (including phenoxy) is 1. The third-order valence-electron chi connectivity index (χ3n) is 2.42. The first-order valence-electron chi connectivity index (χ1n) is 4.34. The molecule has 4 heteroatoms. The van der Waals surface area contributed by atoms with Crippen LogP contribution >= 0.6 is 12.4 Å². The molecule has 2 atom stereocenters. The van der Waals surface area contributed by atoms with Gasteiger partial charge in [-0.2, -0.15) is 0 Å². The predicted octanol–water partition coefficient (Wildman–Crippen LogP) is 1.98. The smallest absolute Gasteiger partial charge is 0.117 e. The summed E-state index contributed by atoms with van der Waals surface area (Å²) in [5, 5.41) is 0. The van der Waals surface area contributed by atoms with Gasteiger partial charge in [0, 0.05) is 0 Å². The van der Waals surface area contributed by atoms with Gasteiger partial charge in [-0.05, 0) is 11.1 Å². The molecule has 0 amide bonds. The van der Waals surface area contributed by atoms with E-state index < -0.39 is 12.8 Å². The lowest BCUT2D eigenvalue weighted by molar-refractivity contribution is -0.00557. The molecule has 0 bridgehead atoms. The van der Waals surface area contributed by atoms with Gasteiger partial charge in [-0.3, -0.25) is 0 Å². The lowest BCUT2D eigenvalue weighted by Gasteiger charge is -2.29. The fraction of sp³-hybridized carbons (Fsp3) is 0.400. The third kappa shape index (κ3) is 1.90. The average Bonchev–Trinajstić information content (AvgIpc) is 2.19. The minimum atomic E-state index is -0.518. The van der Waals surface area contributed by atoms with Crippen molar-refractivity contribution in [2.75, 3.05) is 6.67 Å². The summed E-state index contributed by atoms with van der Waals surface area (Å²) in [5.74, 6) is 0. The minimum absolute atomic E-state index is 0. The van der Waals surface area contributed by atoms with Crippen molar-refractivity contribution in [3.05, 3.63) is 35.4 Å². The molecule has 0 aliphatic carbocycles. The number of hydrogen-bond donors (Lipinski definition) is 1. The zero-order valence-electron chi connectivity index (χ0n) is 7.65. The first-order valence-corrected chi connectivity index (χ1v) is 4.34. The summed E-state index contributed by atoms with van der Waals surface area (Å²) in [6, 6.07) is 7.42. The van der Waals surface area contributed by atoms with Crippen LogP contribution in [0.3, 0.4) is 0 Å². The SMILES string of the molecule is Cl.N[C@@H]1c2ccccc2CO[C@@H]1CF. The van der Waals surface area contributed by atoms with E-state index in [4.69, 9.17) is 10.5 Å². The van der Waals surface area contributed by atoms with Crippen molar-refractivity contribution in [2.24, 2.45) is 5.73 Å². The molecule has 1 aliphatic heterocycles. The highest BCUT2D eigenvalue weighted by atomic mass is 35.5. The summed E-state index contributed by atoms with van der Waals surface area (Å²) < 4.78 is 17.7. The molecule has 0 unspecified atom stereocenters. The number of halogens is 2. The molecule has 1 heterocycles. The molecule has 0 aromatic heterocycles. The van der Waals surface area contributed by atoms with E-state index in [-0.39, 0.29) is 18.4 Å². The first kappa shape index (κ1) is 11.4. The van der Waals surface area contributed by atoms with Crippen molar-refractivity contribution in [1.82, 2.24) is 0 Å². The van der Waals surface area contributed by atoms with Crippen LogP contribution in [0.15, 0.2) is 24.3 Å². The fourth-order valence-corrected chi connectivity index (χ4v) is 1.63. The second-order valence-corrected chi connectivity index (χ2v) is 3.23. The van der Waals surface area contributed by atoms with Crippen LogP contribution in [0.5, 0.6) is 0 Å². The molecule has 0 radical (unpaired) electrons. The van der Waals surface area contributed by atoms with Gasteiger partial charge in [0.2, 0.25) is 0 Å². The van der Waals surface area contributed by atoms with Gasteiger partial charge >= 0.3 is 0 Å². The van der Waals surface area contributed by atoms with E-state index in [1.165, 1.54) is 0 Å². The molecule has 2 N–H and O–H groups in total. The summed E-state index contributed by atoms with van der Waals surface area (Å²) in [7, 11) is 0. The van der Waals surface area contributed by atoms with Gasteiger partial charge in [0.05, 0.1) is 12.6 Å². The maximum atomic E-state index is 12.4. The quantitative estimate of drug-likeness (QED) is 0.781. The second kappa shape index (κ2) is 4.73. The van der Waals surface area contributed by atoms with Crippen LogP contribution in [0, 0.1) is 0 Å². The topological polar surface area (TPSA) is 35.2 Å². The largest absolute Gasteiger partial charge is 0.369 e. The van der Waals surface area contributed by atoms with Crippen LogP contribution in [0.1, 0.15) is 17.2 Å². The number of rotatable bonds is 1. The average molecular weight is 218 g/mol. The number of fused-ring (bicyclic) bond motifs is 1. The van der Waals surface area contributed by atoms with E-state index in [9.17, 15) is 4.39 Å². The molecule has 78 valence electrons. The maximum absolute atomic E-state index is 12.4. The van der Waals surface area contributed by atoms with Crippen molar-refractivity contribution in [1.29, 1.82) is 0 Å². The van der Waals surface area contributed by atoms with Gasteiger partial charge in [0.15, 0.2) is 0 Å². The Morgan fingerprint density at radius 3 is 2.86 bits per heavy atom. The molecular formula is C10H13ClFNO. The molecule has 2 nitrogen and oxygen atoms in total. The summed E-state index contributed by atoms with van der Waals surface area (Å²) in [5.41, 5.74) is 7.92. The molecular weight excluding hydrogens is 205 g/mol. The van der Waals surface area contributed by atoms with Crippen LogP contribution < -0.4 is 5.73 Å². The lowest BCUT2D eigenvalue weighted by Crippen LogP contribution is -2.35. The number of benzene rings is 1. The minimum Gasteiger partial charge on any atom is -0.369 e. The summed E-state index contributed by atoms with van der Waals surface area (Å²) in [6.45, 7) is -0.0477. The van der Waals surface area contributed by atoms with Crippen LogP contribution in [-0.4, -0.2) is 12.8 Å². The van der Waals surface area contributed by atoms with Crippen molar-refractivity contribution >= 4 is 12.4 Å². The monoisotopic (exact) mass is 217 g/mol. The summed E-state index contributed by atoms with van der Waals surface area (Å²) >= 11 is 0. The van der Waals surface area contributed by atoms with E-state index in [0.717, 1.165) is 11.1 Å². The van der Waals surface area contributed by atoms with Crippen LogP contribution in [-0.2, 0) is 11.3 Å². The Morgan fingerprint density at radius 2 is 2.14 bits per heavy atom. The van der Waals surface area contributed by atoms with Gasteiger partial charge in [0.1, 0.15) is 12.8 Å². The number of hydrogen-bond acceptors (Lipinski definition) is 2. The Kier molecular flexibility index (Phi) is 3.86. The Morgan fingerprint density at radius 1 is 1.43 bits per heavy atom. The molecule has 1 aromatic carbocycles. The lowest BCUT2D eigenvalue weighted by atomic mass is 9.95.